The molecule has 122 valence electrons. The Labute approximate surface area is 131 Å². The summed E-state index contributed by atoms with van der Waals surface area (Å²) in [6.45, 7) is 8.97. The molecule has 0 aromatic carbocycles. The van der Waals surface area contributed by atoms with Crippen LogP contribution in [0.5, 0.6) is 0 Å². The van der Waals surface area contributed by atoms with Gasteiger partial charge in [-0.05, 0) is 39.0 Å². The number of carbonyl (C=O) groups is 1. The zero-order valence-corrected chi connectivity index (χ0v) is 13.8. The molecule has 2 aliphatic rings. The van der Waals surface area contributed by atoms with Crippen LogP contribution >= 0.6 is 0 Å². The third-order valence-corrected chi connectivity index (χ3v) is 4.64. The summed E-state index contributed by atoms with van der Waals surface area (Å²) >= 11 is 0. The van der Waals surface area contributed by atoms with Gasteiger partial charge in [0.05, 0.1) is 24.9 Å². The summed E-state index contributed by atoms with van der Waals surface area (Å²) in [5.41, 5.74) is 1.91. The fraction of sp³-hybridized carbons (Fsp3) is 0.812. The lowest BCUT2D eigenvalue weighted by Crippen LogP contribution is -2.41. The second-order valence-electron chi connectivity index (χ2n) is 6.95. The maximum atomic E-state index is 12.6. The highest BCUT2D eigenvalue weighted by Gasteiger charge is 2.35. The van der Waals surface area contributed by atoms with Crippen molar-refractivity contribution in [3.63, 3.8) is 0 Å². The maximum absolute atomic E-state index is 12.6. The summed E-state index contributed by atoms with van der Waals surface area (Å²) in [4.78, 5) is 14.6. The monoisotopic (exact) mass is 306 g/mol. The summed E-state index contributed by atoms with van der Waals surface area (Å²) < 4.78 is 7.60. The van der Waals surface area contributed by atoms with Gasteiger partial charge in [-0.25, -0.2) is 4.68 Å². The van der Waals surface area contributed by atoms with Gasteiger partial charge in [0.15, 0.2) is 0 Å². The summed E-state index contributed by atoms with van der Waals surface area (Å²) in [5.74, 6) is 1.24. The van der Waals surface area contributed by atoms with Crippen molar-refractivity contribution >= 4 is 5.91 Å². The summed E-state index contributed by atoms with van der Waals surface area (Å²) in [7, 11) is 0. The summed E-state index contributed by atoms with van der Waals surface area (Å²) in [6, 6.07) is 0. The van der Waals surface area contributed by atoms with Crippen molar-refractivity contribution in [2.24, 2.45) is 11.8 Å². The molecule has 1 aromatic rings. The fourth-order valence-electron chi connectivity index (χ4n) is 3.30. The molecule has 6 heteroatoms. The number of nitrogens with zero attached hydrogens (tertiary/aromatic N) is 4. The van der Waals surface area contributed by atoms with Crippen LogP contribution in [0.4, 0.5) is 0 Å². The Morgan fingerprint density at radius 2 is 2.14 bits per heavy atom. The third-order valence-electron chi connectivity index (χ3n) is 4.64. The third kappa shape index (κ3) is 3.16. The minimum atomic E-state index is 0.164. The molecular formula is C16H26N4O2. The van der Waals surface area contributed by atoms with Crippen LogP contribution in [0.2, 0.25) is 0 Å². The second-order valence-corrected chi connectivity index (χ2v) is 6.95. The first-order chi connectivity index (χ1) is 10.5. The van der Waals surface area contributed by atoms with E-state index in [9.17, 15) is 4.79 Å². The van der Waals surface area contributed by atoms with Crippen LogP contribution in [-0.4, -0.2) is 38.4 Å². The SMILES string of the molecule is CC1CC(C(=O)N2CCCn3nnc(COC(C)C)c3C2)C1. The molecule has 1 saturated carbocycles. The minimum Gasteiger partial charge on any atom is -0.372 e. The number of hydrogen-bond donors (Lipinski definition) is 0. The second kappa shape index (κ2) is 6.36. The van der Waals surface area contributed by atoms with Crippen LogP contribution in [0.25, 0.3) is 0 Å². The van der Waals surface area contributed by atoms with Crippen LogP contribution in [0.15, 0.2) is 0 Å². The molecular weight excluding hydrogens is 280 g/mol. The number of hydrogen-bond acceptors (Lipinski definition) is 4. The van der Waals surface area contributed by atoms with Gasteiger partial charge >= 0.3 is 0 Å². The van der Waals surface area contributed by atoms with Crippen LogP contribution in [0.1, 0.15) is 51.4 Å². The fourth-order valence-corrected chi connectivity index (χ4v) is 3.30. The Balaban J connectivity index is 1.70. The molecule has 22 heavy (non-hydrogen) atoms. The van der Waals surface area contributed by atoms with Crippen molar-refractivity contribution in [2.75, 3.05) is 6.54 Å². The predicted octanol–water partition coefficient (Wildman–Crippen LogP) is 1.98. The molecule has 0 radical (unpaired) electrons. The van der Waals surface area contributed by atoms with Gasteiger partial charge in [-0.1, -0.05) is 12.1 Å². The highest BCUT2D eigenvalue weighted by molar-refractivity contribution is 5.79. The largest absolute Gasteiger partial charge is 0.372 e. The molecule has 0 spiro atoms. The average molecular weight is 306 g/mol. The number of amides is 1. The first-order valence-electron chi connectivity index (χ1n) is 8.36. The van der Waals surface area contributed by atoms with E-state index in [0.717, 1.165) is 43.7 Å². The quantitative estimate of drug-likeness (QED) is 0.853. The Morgan fingerprint density at radius 3 is 2.82 bits per heavy atom. The molecule has 1 amide bonds. The van der Waals surface area contributed by atoms with Crippen LogP contribution in [0.3, 0.4) is 0 Å². The van der Waals surface area contributed by atoms with Gasteiger partial charge in [0.2, 0.25) is 5.91 Å². The maximum Gasteiger partial charge on any atom is 0.226 e. The zero-order chi connectivity index (χ0) is 15.7. The zero-order valence-electron chi connectivity index (χ0n) is 13.8. The van der Waals surface area contributed by atoms with E-state index in [1.807, 2.05) is 23.4 Å². The Bertz CT molecular complexity index is 534. The van der Waals surface area contributed by atoms with Crippen LogP contribution < -0.4 is 0 Å². The van der Waals surface area contributed by atoms with Gasteiger partial charge in [-0.3, -0.25) is 4.79 Å². The minimum absolute atomic E-state index is 0.164. The lowest BCUT2D eigenvalue weighted by atomic mass is 9.75. The molecule has 0 saturated heterocycles. The smallest absolute Gasteiger partial charge is 0.226 e. The average Bonchev–Trinajstić information content (AvgIpc) is 2.69. The van der Waals surface area contributed by atoms with Gasteiger partial charge in [-0.2, -0.15) is 0 Å². The van der Waals surface area contributed by atoms with Gasteiger partial charge in [0.25, 0.3) is 0 Å². The van der Waals surface area contributed by atoms with Gasteiger partial charge < -0.3 is 9.64 Å². The summed E-state index contributed by atoms with van der Waals surface area (Å²) in [5, 5.41) is 8.47. The molecule has 1 aliphatic carbocycles. The van der Waals surface area contributed by atoms with E-state index in [0.29, 0.717) is 25.0 Å². The highest BCUT2D eigenvalue weighted by atomic mass is 16.5. The lowest BCUT2D eigenvalue weighted by Gasteiger charge is -2.35. The van der Waals surface area contributed by atoms with Crippen molar-refractivity contribution in [1.82, 2.24) is 19.9 Å². The number of aromatic nitrogens is 3. The van der Waals surface area contributed by atoms with Gasteiger partial charge in [0.1, 0.15) is 5.69 Å². The van der Waals surface area contributed by atoms with Crippen LogP contribution in [0, 0.1) is 11.8 Å². The van der Waals surface area contributed by atoms with Crippen molar-refractivity contribution in [3.05, 3.63) is 11.4 Å². The molecule has 0 bridgehead atoms. The number of fused-ring (bicyclic) bond motifs is 1. The van der Waals surface area contributed by atoms with E-state index in [2.05, 4.69) is 17.2 Å². The predicted molar refractivity (Wildman–Crippen MR) is 81.9 cm³/mol. The molecule has 0 unspecified atom stereocenters. The standard InChI is InChI=1S/C16H26N4O2/c1-11(2)22-10-14-15-9-19(5-4-6-20(15)18-17-14)16(21)13-7-12(3)8-13/h11-13H,4-10H2,1-3H3. The number of carbonyl (C=O) groups excluding carboxylic acids is 1. The van der Waals surface area contributed by atoms with Gasteiger partial charge in [-0.15, -0.1) is 5.10 Å². The molecule has 1 fully saturated rings. The van der Waals surface area contributed by atoms with E-state index in [4.69, 9.17) is 4.74 Å². The molecule has 1 aromatic heterocycles. The van der Waals surface area contributed by atoms with E-state index in [1.54, 1.807) is 0 Å². The van der Waals surface area contributed by atoms with Gasteiger partial charge in [0, 0.05) is 19.0 Å². The molecule has 1 aliphatic heterocycles. The van der Waals surface area contributed by atoms with E-state index in [-0.39, 0.29) is 12.0 Å². The Kier molecular flexibility index (Phi) is 4.47. The Morgan fingerprint density at radius 1 is 1.36 bits per heavy atom. The molecule has 3 rings (SSSR count). The Hall–Kier alpha value is -1.43. The molecule has 0 atom stereocenters. The van der Waals surface area contributed by atoms with Crippen molar-refractivity contribution < 1.29 is 9.53 Å². The van der Waals surface area contributed by atoms with Crippen molar-refractivity contribution in [2.45, 2.75) is 65.8 Å². The molecule has 0 N–H and O–H groups in total. The van der Waals surface area contributed by atoms with Crippen molar-refractivity contribution in [3.8, 4) is 0 Å². The van der Waals surface area contributed by atoms with E-state index >= 15 is 0 Å². The number of ether oxygens (including phenoxy) is 1. The first-order valence-corrected chi connectivity index (χ1v) is 8.36. The lowest BCUT2D eigenvalue weighted by molar-refractivity contribution is -0.140. The molecule has 2 heterocycles. The summed E-state index contributed by atoms with van der Waals surface area (Å²) in [6.07, 6.45) is 3.18. The van der Waals surface area contributed by atoms with Crippen LogP contribution in [-0.2, 0) is 29.2 Å². The van der Waals surface area contributed by atoms with E-state index in [1.165, 1.54) is 0 Å². The normalized spacial score (nSPS) is 24.8. The number of rotatable bonds is 4. The topological polar surface area (TPSA) is 60.2 Å². The first kappa shape index (κ1) is 15.5. The highest BCUT2D eigenvalue weighted by Crippen LogP contribution is 2.35. The van der Waals surface area contributed by atoms with E-state index < -0.39 is 0 Å². The number of aryl methyl sites for hydroxylation is 1. The van der Waals surface area contributed by atoms with Crippen molar-refractivity contribution in [1.29, 1.82) is 0 Å². The molecule has 6 nitrogen and oxygen atoms in total.